The second-order valence-electron chi connectivity index (χ2n) is 8.98. The van der Waals surface area contributed by atoms with Gasteiger partial charge in [-0.1, -0.05) is 91.9 Å². The predicted molar refractivity (Wildman–Crippen MR) is 125 cm³/mol. The van der Waals surface area contributed by atoms with Gasteiger partial charge in [-0.2, -0.15) is 0 Å². The lowest BCUT2D eigenvalue weighted by Crippen LogP contribution is -2.21. The number of rotatable bonds is 15. The van der Waals surface area contributed by atoms with Crippen molar-refractivity contribution in [3.63, 3.8) is 0 Å². The minimum atomic E-state index is -0.334. The Labute approximate surface area is 178 Å². The van der Waals surface area contributed by atoms with Gasteiger partial charge in [0.1, 0.15) is 0 Å². The summed E-state index contributed by atoms with van der Waals surface area (Å²) in [5.74, 6) is -0.334. The van der Waals surface area contributed by atoms with Crippen molar-refractivity contribution in [1.29, 1.82) is 0 Å². The molecule has 4 heteroatoms. The molecule has 0 radical (unpaired) electrons. The van der Waals surface area contributed by atoms with Crippen LogP contribution in [0.15, 0.2) is 12.1 Å². The van der Waals surface area contributed by atoms with Crippen molar-refractivity contribution in [3.05, 3.63) is 23.3 Å². The average Bonchev–Trinajstić information content (AvgIpc) is 2.65. The van der Waals surface area contributed by atoms with Crippen molar-refractivity contribution in [1.82, 2.24) is 0 Å². The molecule has 0 amide bonds. The van der Waals surface area contributed by atoms with Gasteiger partial charge >= 0.3 is 5.97 Å². The van der Waals surface area contributed by atoms with Crippen LogP contribution in [0.25, 0.3) is 0 Å². The Morgan fingerprint density at radius 3 is 1.79 bits per heavy atom. The van der Waals surface area contributed by atoms with Gasteiger partial charge in [0.05, 0.1) is 12.2 Å². The number of anilines is 2. The van der Waals surface area contributed by atoms with E-state index in [1.807, 2.05) is 0 Å². The monoisotopic (exact) mass is 404 g/mol. The fraction of sp³-hybridized carbons (Fsp3) is 0.720. The maximum Gasteiger partial charge on any atom is 0.338 e. The Balaban J connectivity index is 2.35. The summed E-state index contributed by atoms with van der Waals surface area (Å²) in [6.07, 6.45) is 14.6. The molecule has 0 unspecified atom stereocenters. The van der Waals surface area contributed by atoms with Gasteiger partial charge < -0.3 is 16.2 Å². The second-order valence-corrected chi connectivity index (χ2v) is 8.98. The topological polar surface area (TPSA) is 78.3 Å². The van der Waals surface area contributed by atoms with Crippen LogP contribution in [0.3, 0.4) is 0 Å². The summed E-state index contributed by atoms with van der Waals surface area (Å²) in [6.45, 7) is 9.13. The Kier molecular flexibility index (Phi) is 11.8. The molecule has 0 spiro atoms. The third-order valence-electron chi connectivity index (χ3n) is 5.72. The summed E-state index contributed by atoms with van der Waals surface area (Å²) >= 11 is 0. The summed E-state index contributed by atoms with van der Waals surface area (Å²) in [5, 5.41) is 0. The lowest BCUT2D eigenvalue weighted by atomic mass is 9.78. The van der Waals surface area contributed by atoms with Crippen LogP contribution in [-0.2, 0) is 10.2 Å². The van der Waals surface area contributed by atoms with Gasteiger partial charge in [0, 0.05) is 16.9 Å². The largest absolute Gasteiger partial charge is 0.462 e. The van der Waals surface area contributed by atoms with Crippen LogP contribution in [-0.4, -0.2) is 12.6 Å². The van der Waals surface area contributed by atoms with Gasteiger partial charge in [0.2, 0.25) is 0 Å². The zero-order valence-electron chi connectivity index (χ0n) is 19.3. The lowest BCUT2D eigenvalue weighted by molar-refractivity contribution is 0.0497. The molecule has 166 valence electrons. The molecule has 0 bridgehead atoms. The van der Waals surface area contributed by atoms with E-state index in [4.69, 9.17) is 16.2 Å². The molecule has 29 heavy (non-hydrogen) atoms. The molecule has 0 saturated carbocycles. The fourth-order valence-corrected chi connectivity index (χ4v) is 4.17. The molecule has 4 N–H and O–H groups in total. The number of benzene rings is 1. The van der Waals surface area contributed by atoms with Gasteiger partial charge in [-0.3, -0.25) is 0 Å². The van der Waals surface area contributed by atoms with Crippen LogP contribution < -0.4 is 11.5 Å². The van der Waals surface area contributed by atoms with Crippen molar-refractivity contribution in [2.45, 2.75) is 110 Å². The first-order chi connectivity index (χ1) is 13.8. The molecule has 0 aliphatic carbocycles. The van der Waals surface area contributed by atoms with E-state index < -0.39 is 0 Å². The quantitative estimate of drug-likeness (QED) is 0.187. The molecule has 1 rings (SSSR count). The highest BCUT2D eigenvalue weighted by atomic mass is 16.5. The molecular formula is C25H44N2O2. The normalized spacial score (nSPS) is 11.6. The van der Waals surface area contributed by atoms with Crippen LogP contribution >= 0.6 is 0 Å². The summed E-state index contributed by atoms with van der Waals surface area (Å²) < 4.78 is 5.43. The van der Waals surface area contributed by atoms with Crippen molar-refractivity contribution in [3.8, 4) is 0 Å². The van der Waals surface area contributed by atoms with E-state index in [1.54, 1.807) is 12.1 Å². The third-order valence-corrected chi connectivity index (χ3v) is 5.72. The average molecular weight is 405 g/mol. The summed E-state index contributed by atoms with van der Waals surface area (Å²) in [5.41, 5.74) is 14.9. The van der Waals surface area contributed by atoms with Crippen molar-refractivity contribution in [2.24, 2.45) is 0 Å². The van der Waals surface area contributed by atoms with Gasteiger partial charge in [0.25, 0.3) is 0 Å². The van der Waals surface area contributed by atoms with E-state index in [0.29, 0.717) is 23.5 Å². The van der Waals surface area contributed by atoms with Gasteiger partial charge in [0.15, 0.2) is 0 Å². The van der Waals surface area contributed by atoms with E-state index in [0.717, 1.165) is 31.2 Å². The minimum absolute atomic E-state index is 0.110. The van der Waals surface area contributed by atoms with Gasteiger partial charge in [-0.25, -0.2) is 4.79 Å². The third kappa shape index (κ3) is 9.10. The number of ether oxygens (including phenoxy) is 1. The Hall–Kier alpha value is -1.71. The molecule has 0 aliphatic rings. The first-order valence-electron chi connectivity index (χ1n) is 11.7. The highest BCUT2D eigenvalue weighted by Crippen LogP contribution is 2.37. The van der Waals surface area contributed by atoms with Crippen molar-refractivity contribution in [2.75, 3.05) is 18.1 Å². The molecule has 0 fully saturated rings. The van der Waals surface area contributed by atoms with Gasteiger partial charge in [-0.15, -0.1) is 0 Å². The smallest absolute Gasteiger partial charge is 0.338 e. The number of nitrogens with two attached hydrogens (primary N) is 2. The van der Waals surface area contributed by atoms with Crippen LogP contribution in [0, 0.1) is 0 Å². The standard InChI is InChI=1S/C25H44N2O2/c1-5-7-8-9-10-11-12-13-14-15-17-29-24(28)20-18-21(26)23(22(27)19-20)25(3,4)16-6-2/h18-19H,5-17,26-27H2,1-4H3. The fourth-order valence-electron chi connectivity index (χ4n) is 4.17. The van der Waals surface area contributed by atoms with Crippen LogP contribution in [0.2, 0.25) is 0 Å². The second kappa shape index (κ2) is 13.5. The Bertz CT molecular complexity index is 588. The molecule has 1 aromatic rings. The molecule has 0 heterocycles. The molecule has 0 aliphatic heterocycles. The van der Waals surface area contributed by atoms with Crippen molar-refractivity contribution < 1.29 is 9.53 Å². The molecule has 0 atom stereocenters. The van der Waals surface area contributed by atoms with Crippen LogP contribution in [0.4, 0.5) is 11.4 Å². The number of esters is 1. The molecule has 4 nitrogen and oxygen atoms in total. The zero-order valence-corrected chi connectivity index (χ0v) is 19.3. The van der Waals surface area contributed by atoms with Crippen LogP contribution in [0.1, 0.15) is 121 Å². The molecule has 0 saturated heterocycles. The molecule has 0 aromatic heterocycles. The molecule has 1 aromatic carbocycles. The summed E-state index contributed by atoms with van der Waals surface area (Å²) in [4.78, 5) is 12.4. The zero-order chi connectivity index (χ0) is 21.7. The number of hydrogen-bond donors (Lipinski definition) is 2. The lowest BCUT2D eigenvalue weighted by Gasteiger charge is -2.28. The first-order valence-corrected chi connectivity index (χ1v) is 11.7. The summed E-state index contributed by atoms with van der Waals surface area (Å²) in [7, 11) is 0. The first kappa shape index (κ1) is 25.3. The maximum atomic E-state index is 12.4. The number of carbonyl (C=O) groups excluding carboxylic acids is 1. The number of nitrogen functional groups attached to an aromatic ring is 2. The Morgan fingerprint density at radius 2 is 1.31 bits per heavy atom. The van der Waals surface area contributed by atoms with E-state index in [9.17, 15) is 4.79 Å². The van der Waals surface area contributed by atoms with E-state index >= 15 is 0 Å². The number of hydrogen-bond acceptors (Lipinski definition) is 4. The number of unbranched alkanes of at least 4 members (excludes halogenated alkanes) is 9. The van der Waals surface area contributed by atoms with Crippen molar-refractivity contribution >= 4 is 17.3 Å². The van der Waals surface area contributed by atoms with E-state index in [-0.39, 0.29) is 11.4 Å². The van der Waals surface area contributed by atoms with E-state index in [1.165, 1.54) is 51.4 Å². The predicted octanol–water partition coefficient (Wildman–Crippen LogP) is 7.01. The van der Waals surface area contributed by atoms with Crippen LogP contribution in [0.5, 0.6) is 0 Å². The number of carbonyl (C=O) groups is 1. The minimum Gasteiger partial charge on any atom is -0.462 e. The highest BCUT2D eigenvalue weighted by Gasteiger charge is 2.26. The summed E-state index contributed by atoms with van der Waals surface area (Å²) in [6, 6.07) is 3.42. The highest BCUT2D eigenvalue weighted by molar-refractivity contribution is 5.92. The van der Waals surface area contributed by atoms with E-state index in [2.05, 4.69) is 27.7 Å². The Morgan fingerprint density at radius 1 is 0.828 bits per heavy atom. The maximum absolute atomic E-state index is 12.4. The van der Waals surface area contributed by atoms with Gasteiger partial charge in [-0.05, 0) is 30.4 Å². The SMILES string of the molecule is CCCCCCCCCCCCOC(=O)c1cc(N)c(C(C)(C)CCC)c(N)c1. The molecular weight excluding hydrogens is 360 g/mol.